The maximum absolute atomic E-state index is 13.8. The lowest BCUT2D eigenvalue weighted by Crippen LogP contribution is -2.20. The molecule has 3 rings (SSSR count). The number of nitrogens with zero attached hydrogens (tertiary/aromatic N) is 1. The molecule has 0 unspecified atom stereocenters. The zero-order chi connectivity index (χ0) is 21.0. The van der Waals surface area contributed by atoms with Gasteiger partial charge in [0.05, 0.1) is 23.1 Å². The summed E-state index contributed by atoms with van der Waals surface area (Å²) in [4.78, 5) is 12.0. The molecule has 6 nitrogen and oxygen atoms in total. The molecule has 0 saturated heterocycles. The molecule has 29 heavy (non-hydrogen) atoms. The third kappa shape index (κ3) is 5.43. The lowest BCUT2D eigenvalue weighted by molar-refractivity contribution is -0.137. The number of amides is 2. The number of carbonyl (C=O) groups excluding carboxylic acids is 1. The van der Waals surface area contributed by atoms with Gasteiger partial charge in [-0.25, -0.2) is 13.6 Å². The van der Waals surface area contributed by atoms with Gasteiger partial charge in [0.2, 0.25) is 0 Å². The monoisotopic (exact) mass is 411 g/mol. The van der Waals surface area contributed by atoms with Crippen LogP contribution in [0.4, 0.5) is 43.8 Å². The van der Waals surface area contributed by atoms with Gasteiger partial charge in [-0.3, -0.25) is 5.10 Å². The van der Waals surface area contributed by atoms with Gasteiger partial charge in [0.25, 0.3) is 0 Å². The van der Waals surface area contributed by atoms with E-state index in [0.717, 1.165) is 12.1 Å². The molecule has 1 aromatic heterocycles. The number of halogens is 5. The summed E-state index contributed by atoms with van der Waals surface area (Å²) in [6, 6.07) is 4.55. The van der Waals surface area contributed by atoms with Gasteiger partial charge in [-0.05, 0) is 42.0 Å². The molecule has 2 amide bonds. The molecule has 3 aromatic rings. The first-order valence-electron chi connectivity index (χ1n) is 8.17. The zero-order valence-corrected chi connectivity index (χ0v) is 14.6. The van der Waals surface area contributed by atoms with E-state index < -0.39 is 35.1 Å². The number of anilines is 3. The summed E-state index contributed by atoms with van der Waals surface area (Å²) in [6.45, 7) is 0.237. The molecular formula is C18H14F5N5O. The topological polar surface area (TPSA) is 81.8 Å². The molecule has 11 heteroatoms. The molecule has 0 saturated carbocycles. The Kier molecular flexibility index (Phi) is 5.66. The first-order valence-corrected chi connectivity index (χ1v) is 8.17. The van der Waals surface area contributed by atoms with Crippen molar-refractivity contribution in [2.24, 2.45) is 0 Å². The molecule has 4 N–H and O–H groups in total. The van der Waals surface area contributed by atoms with Crippen molar-refractivity contribution in [3.63, 3.8) is 0 Å². The van der Waals surface area contributed by atoms with Gasteiger partial charge in [-0.2, -0.15) is 18.3 Å². The number of aromatic amines is 1. The lowest BCUT2D eigenvalue weighted by Gasteiger charge is -2.12. The second kappa shape index (κ2) is 8.17. The Morgan fingerprint density at radius 3 is 2.48 bits per heavy atom. The average molecular weight is 411 g/mol. The van der Waals surface area contributed by atoms with Crippen LogP contribution in [0.2, 0.25) is 0 Å². The average Bonchev–Trinajstić information content (AvgIpc) is 3.14. The van der Waals surface area contributed by atoms with Crippen LogP contribution in [0.3, 0.4) is 0 Å². The van der Waals surface area contributed by atoms with Crippen LogP contribution in [-0.4, -0.2) is 16.2 Å². The second-order valence-electron chi connectivity index (χ2n) is 5.96. The normalized spacial score (nSPS) is 11.2. The number of hydrogen-bond acceptors (Lipinski definition) is 3. The molecule has 2 aromatic carbocycles. The van der Waals surface area contributed by atoms with Gasteiger partial charge < -0.3 is 16.0 Å². The van der Waals surface area contributed by atoms with E-state index in [-0.39, 0.29) is 18.3 Å². The van der Waals surface area contributed by atoms with Gasteiger partial charge in [0.1, 0.15) is 11.6 Å². The Bertz CT molecular complexity index is 1000. The fourth-order valence-corrected chi connectivity index (χ4v) is 2.45. The van der Waals surface area contributed by atoms with Gasteiger partial charge >= 0.3 is 12.2 Å². The highest BCUT2D eigenvalue weighted by atomic mass is 19.4. The number of rotatable bonds is 5. The highest BCUT2D eigenvalue weighted by molar-refractivity contribution is 5.99. The van der Waals surface area contributed by atoms with Crippen LogP contribution >= 0.6 is 0 Å². The van der Waals surface area contributed by atoms with Crippen molar-refractivity contribution in [1.29, 1.82) is 0 Å². The number of carbonyl (C=O) groups is 1. The molecular weight excluding hydrogens is 397 g/mol. The number of H-pyrrole nitrogens is 1. The first-order chi connectivity index (χ1) is 13.7. The van der Waals surface area contributed by atoms with E-state index in [2.05, 4.69) is 26.1 Å². The second-order valence-corrected chi connectivity index (χ2v) is 5.96. The first kappa shape index (κ1) is 20.1. The van der Waals surface area contributed by atoms with Crippen molar-refractivity contribution in [2.75, 3.05) is 16.0 Å². The highest BCUT2D eigenvalue weighted by Gasteiger charge is 2.31. The van der Waals surface area contributed by atoms with Crippen molar-refractivity contribution < 1.29 is 26.7 Å². The molecule has 0 aliphatic carbocycles. The maximum atomic E-state index is 13.8. The summed E-state index contributed by atoms with van der Waals surface area (Å²) in [7, 11) is 0. The summed E-state index contributed by atoms with van der Waals surface area (Å²) in [6.07, 6.45) is -1.57. The molecule has 0 bridgehead atoms. The predicted molar refractivity (Wildman–Crippen MR) is 96.4 cm³/mol. The number of urea groups is 1. The Balaban J connectivity index is 1.66. The Hall–Kier alpha value is -3.63. The van der Waals surface area contributed by atoms with Crippen LogP contribution in [0.25, 0.3) is 0 Å². The zero-order valence-electron chi connectivity index (χ0n) is 14.6. The molecule has 1 heterocycles. The van der Waals surface area contributed by atoms with E-state index in [4.69, 9.17) is 0 Å². The van der Waals surface area contributed by atoms with Crippen LogP contribution in [0.15, 0.2) is 48.8 Å². The minimum absolute atomic E-state index is 0.0822. The lowest BCUT2D eigenvalue weighted by atomic mass is 10.2. The SMILES string of the molecule is O=C(Nc1cc(F)cc(CNc2cn[nH]c2)c1)Nc1ccc(C(F)(F)F)cc1F. The number of aromatic nitrogens is 2. The van der Waals surface area contributed by atoms with E-state index in [1.165, 1.54) is 18.3 Å². The van der Waals surface area contributed by atoms with Gasteiger partial charge in [0, 0.05) is 18.4 Å². The van der Waals surface area contributed by atoms with Crippen LogP contribution in [-0.2, 0) is 12.7 Å². The quantitative estimate of drug-likeness (QED) is 0.448. The maximum Gasteiger partial charge on any atom is 0.416 e. The molecule has 0 radical (unpaired) electrons. The van der Waals surface area contributed by atoms with Crippen LogP contribution in [0.5, 0.6) is 0 Å². The fourth-order valence-electron chi connectivity index (χ4n) is 2.45. The molecule has 0 fully saturated rings. The van der Waals surface area contributed by atoms with E-state index in [0.29, 0.717) is 17.3 Å². The van der Waals surface area contributed by atoms with Crippen LogP contribution < -0.4 is 16.0 Å². The standard InChI is InChI=1S/C18H14F5N5O/c19-12-3-10(7-24-14-8-25-26-9-14)4-13(6-12)27-17(29)28-16-2-1-11(5-15(16)20)18(21,22)23/h1-6,8-9,24H,7H2,(H,25,26)(H2,27,28,29). The summed E-state index contributed by atoms with van der Waals surface area (Å²) >= 11 is 0. The van der Waals surface area contributed by atoms with E-state index in [1.54, 1.807) is 6.20 Å². The van der Waals surface area contributed by atoms with Gasteiger partial charge in [-0.1, -0.05) is 0 Å². The number of benzene rings is 2. The number of alkyl halides is 3. The summed E-state index contributed by atoms with van der Waals surface area (Å²) in [5, 5.41) is 13.7. The summed E-state index contributed by atoms with van der Waals surface area (Å²) < 4.78 is 65.3. The molecule has 0 atom stereocenters. The summed E-state index contributed by atoms with van der Waals surface area (Å²) in [5.74, 6) is -1.87. The molecule has 0 spiro atoms. The van der Waals surface area contributed by atoms with Gasteiger partial charge in [0.15, 0.2) is 0 Å². The number of nitrogens with one attached hydrogen (secondary N) is 4. The van der Waals surface area contributed by atoms with Crippen molar-refractivity contribution >= 4 is 23.1 Å². The van der Waals surface area contributed by atoms with E-state index >= 15 is 0 Å². The largest absolute Gasteiger partial charge is 0.416 e. The Morgan fingerprint density at radius 1 is 1.03 bits per heavy atom. The van der Waals surface area contributed by atoms with E-state index in [9.17, 15) is 26.7 Å². The van der Waals surface area contributed by atoms with Crippen molar-refractivity contribution in [2.45, 2.75) is 12.7 Å². The minimum atomic E-state index is -4.70. The summed E-state index contributed by atoms with van der Waals surface area (Å²) in [5.41, 5.74) is -0.366. The van der Waals surface area contributed by atoms with Crippen LogP contribution in [0.1, 0.15) is 11.1 Å². The number of hydrogen-bond donors (Lipinski definition) is 4. The van der Waals surface area contributed by atoms with Crippen molar-refractivity contribution in [1.82, 2.24) is 10.2 Å². The third-order valence-corrected chi connectivity index (χ3v) is 3.75. The Labute approximate surface area is 161 Å². The van der Waals surface area contributed by atoms with Crippen molar-refractivity contribution in [3.8, 4) is 0 Å². The molecule has 152 valence electrons. The van der Waals surface area contributed by atoms with E-state index in [1.807, 2.05) is 0 Å². The van der Waals surface area contributed by atoms with Crippen LogP contribution in [0, 0.1) is 11.6 Å². The molecule has 0 aliphatic rings. The third-order valence-electron chi connectivity index (χ3n) is 3.75. The van der Waals surface area contributed by atoms with Gasteiger partial charge in [-0.15, -0.1) is 0 Å². The Morgan fingerprint density at radius 2 is 1.83 bits per heavy atom. The van der Waals surface area contributed by atoms with Crippen molar-refractivity contribution in [3.05, 3.63) is 71.6 Å². The minimum Gasteiger partial charge on any atom is -0.378 e. The molecule has 0 aliphatic heterocycles. The predicted octanol–water partition coefficient (Wildman–Crippen LogP) is 4.96. The fraction of sp³-hybridized carbons (Fsp3) is 0.111. The highest BCUT2D eigenvalue weighted by Crippen LogP contribution is 2.31. The smallest absolute Gasteiger partial charge is 0.378 e.